The van der Waals surface area contributed by atoms with Gasteiger partial charge < -0.3 is 9.64 Å². The molecule has 1 fully saturated rings. The molecule has 25 heavy (non-hydrogen) atoms. The first-order chi connectivity index (χ1) is 11.9. The van der Waals surface area contributed by atoms with Gasteiger partial charge in [-0.1, -0.05) is 60.7 Å². The Bertz CT molecular complexity index is 706. The lowest BCUT2D eigenvalue weighted by Crippen LogP contribution is -2.39. The number of hydrogen-bond acceptors (Lipinski definition) is 2. The molecule has 2 aromatic rings. The first-order valence-corrected chi connectivity index (χ1v) is 8.96. The Kier molecular flexibility index (Phi) is 4.85. The predicted molar refractivity (Wildman–Crippen MR) is 101 cm³/mol. The van der Waals surface area contributed by atoms with Gasteiger partial charge in [0.25, 0.3) is 0 Å². The van der Waals surface area contributed by atoms with Crippen LogP contribution in [0.1, 0.15) is 50.7 Å². The number of carbonyl (C=O) groups is 1. The van der Waals surface area contributed by atoms with Gasteiger partial charge in [-0.3, -0.25) is 0 Å². The Morgan fingerprint density at radius 2 is 1.48 bits per heavy atom. The Hall–Kier alpha value is -2.29. The highest BCUT2D eigenvalue weighted by atomic mass is 16.6. The summed E-state index contributed by atoms with van der Waals surface area (Å²) in [5.41, 5.74) is 2.06. The summed E-state index contributed by atoms with van der Waals surface area (Å²) < 4.78 is 5.65. The van der Waals surface area contributed by atoms with Crippen LogP contribution in [0.3, 0.4) is 0 Å². The maximum Gasteiger partial charge on any atom is 0.410 e. The lowest BCUT2D eigenvalue weighted by atomic mass is 9.81. The molecular weight excluding hydrogens is 310 g/mol. The van der Waals surface area contributed by atoms with Crippen molar-refractivity contribution < 1.29 is 9.53 Å². The van der Waals surface area contributed by atoms with Gasteiger partial charge in [-0.05, 0) is 38.8 Å². The summed E-state index contributed by atoms with van der Waals surface area (Å²) >= 11 is 0. The van der Waals surface area contributed by atoms with E-state index in [4.69, 9.17) is 4.74 Å². The van der Waals surface area contributed by atoms with Crippen LogP contribution in [0.15, 0.2) is 60.7 Å². The Labute approximate surface area is 150 Å². The topological polar surface area (TPSA) is 29.5 Å². The fourth-order valence-corrected chi connectivity index (χ4v) is 3.78. The number of nitrogens with zero attached hydrogens (tertiary/aromatic N) is 1. The highest BCUT2D eigenvalue weighted by Gasteiger charge is 2.44. The zero-order chi connectivity index (χ0) is 18.0. The van der Waals surface area contributed by atoms with Crippen molar-refractivity contribution in [2.45, 2.75) is 51.2 Å². The van der Waals surface area contributed by atoms with Crippen molar-refractivity contribution in [1.29, 1.82) is 0 Å². The number of hydrogen-bond donors (Lipinski definition) is 0. The van der Waals surface area contributed by atoms with E-state index in [1.54, 1.807) is 0 Å². The predicted octanol–water partition coefficient (Wildman–Crippen LogP) is 5.19. The average molecular weight is 337 g/mol. The molecule has 0 N–H and O–H groups in total. The van der Waals surface area contributed by atoms with Gasteiger partial charge in [0.1, 0.15) is 5.60 Å². The van der Waals surface area contributed by atoms with Crippen molar-refractivity contribution in [3.8, 4) is 0 Å². The third-order valence-corrected chi connectivity index (χ3v) is 4.88. The molecule has 2 aromatic carbocycles. The molecule has 0 saturated carbocycles. The molecule has 132 valence electrons. The molecule has 0 unspecified atom stereocenters. The van der Waals surface area contributed by atoms with Crippen molar-refractivity contribution >= 4 is 6.09 Å². The van der Waals surface area contributed by atoms with E-state index in [0.717, 1.165) is 0 Å². The number of benzene rings is 2. The molecule has 1 aliphatic rings. The van der Waals surface area contributed by atoms with Gasteiger partial charge in [0, 0.05) is 24.4 Å². The molecule has 0 aromatic heterocycles. The third kappa shape index (κ3) is 3.87. The molecule has 1 aliphatic heterocycles. The van der Waals surface area contributed by atoms with Crippen LogP contribution < -0.4 is 0 Å². The highest BCUT2D eigenvalue weighted by molar-refractivity contribution is 5.69. The number of rotatable bonds is 2. The monoisotopic (exact) mass is 337 g/mol. The lowest BCUT2D eigenvalue weighted by molar-refractivity contribution is 0.0232. The van der Waals surface area contributed by atoms with Crippen LogP contribution in [0.25, 0.3) is 0 Å². The van der Waals surface area contributed by atoms with E-state index in [-0.39, 0.29) is 24.0 Å². The quantitative estimate of drug-likeness (QED) is 0.754. The SMILES string of the molecule is C[C@@H]1[C@@H](c2ccccc2)[C@H](c2ccccc2)CN1C(=O)OC(C)(C)C. The second-order valence-corrected chi connectivity index (χ2v) is 7.83. The Morgan fingerprint density at radius 1 is 0.960 bits per heavy atom. The molecule has 3 atom stereocenters. The van der Waals surface area contributed by atoms with Crippen molar-refractivity contribution in [3.63, 3.8) is 0 Å². The summed E-state index contributed by atoms with van der Waals surface area (Å²) in [6.07, 6.45) is -0.223. The molecule has 1 heterocycles. The summed E-state index contributed by atoms with van der Waals surface area (Å²) in [6.45, 7) is 8.54. The fraction of sp³-hybridized carbons (Fsp3) is 0.409. The van der Waals surface area contributed by atoms with Gasteiger partial charge in [-0.15, -0.1) is 0 Å². The van der Waals surface area contributed by atoms with Crippen LogP contribution in [0.5, 0.6) is 0 Å². The Morgan fingerprint density at radius 3 is 2.00 bits per heavy atom. The normalized spacial score (nSPS) is 23.5. The fourth-order valence-electron chi connectivity index (χ4n) is 3.78. The molecule has 0 spiro atoms. The number of likely N-dealkylation sites (tertiary alicyclic amines) is 1. The smallest absolute Gasteiger partial charge is 0.410 e. The summed E-state index contributed by atoms with van der Waals surface area (Å²) in [7, 11) is 0. The third-order valence-electron chi connectivity index (χ3n) is 4.88. The van der Waals surface area contributed by atoms with E-state index in [1.165, 1.54) is 11.1 Å². The highest BCUT2D eigenvalue weighted by Crippen LogP contribution is 2.44. The van der Waals surface area contributed by atoms with E-state index in [9.17, 15) is 4.79 Å². The molecule has 3 nitrogen and oxygen atoms in total. The summed E-state index contributed by atoms with van der Waals surface area (Å²) in [5.74, 6) is 0.530. The van der Waals surface area contributed by atoms with Gasteiger partial charge >= 0.3 is 6.09 Å². The van der Waals surface area contributed by atoms with Crippen LogP contribution in [0, 0.1) is 0 Å². The van der Waals surface area contributed by atoms with Gasteiger partial charge in [0.15, 0.2) is 0 Å². The molecule has 1 amide bonds. The second kappa shape index (κ2) is 6.91. The zero-order valence-corrected chi connectivity index (χ0v) is 15.5. The van der Waals surface area contributed by atoms with Crippen LogP contribution in [-0.4, -0.2) is 29.2 Å². The largest absolute Gasteiger partial charge is 0.444 e. The number of ether oxygens (including phenoxy) is 1. The minimum absolute atomic E-state index is 0.0856. The zero-order valence-electron chi connectivity index (χ0n) is 15.5. The van der Waals surface area contributed by atoms with Crippen molar-refractivity contribution in [2.75, 3.05) is 6.54 Å². The summed E-state index contributed by atoms with van der Waals surface area (Å²) in [6, 6.07) is 21.1. The summed E-state index contributed by atoms with van der Waals surface area (Å²) in [4.78, 5) is 14.6. The van der Waals surface area contributed by atoms with Crippen molar-refractivity contribution in [3.05, 3.63) is 71.8 Å². The summed E-state index contributed by atoms with van der Waals surface area (Å²) in [5, 5.41) is 0. The van der Waals surface area contributed by atoms with Crippen molar-refractivity contribution in [1.82, 2.24) is 4.90 Å². The van der Waals surface area contributed by atoms with Crippen LogP contribution >= 0.6 is 0 Å². The van der Waals surface area contributed by atoms with Gasteiger partial charge in [-0.25, -0.2) is 4.79 Å². The maximum absolute atomic E-state index is 12.7. The van der Waals surface area contributed by atoms with Crippen LogP contribution in [0.2, 0.25) is 0 Å². The molecule has 3 heteroatoms. The van der Waals surface area contributed by atoms with E-state index in [2.05, 4.69) is 55.5 Å². The lowest BCUT2D eigenvalue weighted by Gasteiger charge is -2.28. The van der Waals surface area contributed by atoms with Crippen LogP contribution in [-0.2, 0) is 4.74 Å². The van der Waals surface area contributed by atoms with Gasteiger partial charge in [0.05, 0.1) is 0 Å². The molecular formula is C22H27NO2. The van der Waals surface area contributed by atoms with E-state index < -0.39 is 5.60 Å². The van der Waals surface area contributed by atoms with Gasteiger partial charge in [-0.2, -0.15) is 0 Å². The van der Waals surface area contributed by atoms with Gasteiger partial charge in [0.2, 0.25) is 0 Å². The second-order valence-electron chi connectivity index (χ2n) is 7.83. The standard InChI is InChI=1S/C22H27NO2/c1-16-20(18-13-9-6-10-14-18)19(17-11-7-5-8-12-17)15-23(16)21(24)25-22(2,3)4/h5-14,16,19-20H,15H2,1-4H3/t16-,19+,20+/m1/s1. The van der Waals surface area contributed by atoms with Crippen molar-refractivity contribution in [2.24, 2.45) is 0 Å². The Balaban J connectivity index is 1.94. The maximum atomic E-state index is 12.7. The molecule has 0 aliphatic carbocycles. The molecule has 0 bridgehead atoms. The molecule has 1 saturated heterocycles. The minimum atomic E-state index is -0.482. The number of amides is 1. The first kappa shape index (κ1) is 17.5. The first-order valence-electron chi connectivity index (χ1n) is 8.96. The average Bonchev–Trinajstić information content (AvgIpc) is 2.92. The van der Waals surface area contributed by atoms with E-state index in [1.807, 2.05) is 37.8 Å². The van der Waals surface area contributed by atoms with E-state index >= 15 is 0 Å². The molecule has 3 rings (SSSR count). The van der Waals surface area contributed by atoms with E-state index in [0.29, 0.717) is 6.54 Å². The minimum Gasteiger partial charge on any atom is -0.444 e. The molecule has 0 radical (unpaired) electrons. The number of carbonyl (C=O) groups excluding carboxylic acids is 1. The van der Waals surface area contributed by atoms with Crippen LogP contribution in [0.4, 0.5) is 4.79 Å².